The van der Waals surface area contributed by atoms with Gasteiger partial charge in [0.05, 0.1) is 0 Å². The van der Waals surface area contributed by atoms with Gasteiger partial charge in [-0.2, -0.15) is 0 Å². The van der Waals surface area contributed by atoms with Gasteiger partial charge >= 0.3 is 0 Å². The maximum Gasteiger partial charge on any atom is 0.157 e. The minimum atomic E-state index is 0.0218. The summed E-state index contributed by atoms with van der Waals surface area (Å²) >= 11 is 6.38. The van der Waals surface area contributed by atoms with Crippen molar-refractivity contribution in [2.75, 3.05) is 13.2 Å². The molecular formula is C20H25ClO3. The Morgan fingerprint density at radius 2 is 2.21 bits per heavy atom. The number of fused-ring (bicyclic) bond motifs is 2. The lowest BCUT2D eigenvalue weighted by Gasteiger charge is -2.22. The van der Waals surface area contributed by atoms with Crippen molar-refractivity contribution >= 4 is 11.6 Å². The molecule has 0 aromatic rings. The second-order valence-electron chi connectivity index (χ2n) is 6.94. The molecule has 2 atom stereocenters. The largest absolute Gasteiger partial charge is 0.485 e. The van der Waals surface area contributed by atoms with E-state index in [4.69, 9.17) is 25.8 Å². The Hall–Kier alpha value is -1.03. The highest BCUT2D eigenvalue weighted by molar-refractivity contribution is 6.30. The zero-order valence-corrected chi connectivity index (χ0v) is 14.8. The minimum Gasteiger partial charge on any atom is -0.485 e. The van der Waals surface area contributed by atoms with Crippen LogP contribution < -0.4 is 0 Å². The average Bonchev–Trinajstić information content (AvgIpc) is 3.17. The molecule has 1 fully saturated rings. The van der Waals surface area contributed by atoms with Crippen LogP contribution in [0, 0.1) is 0 Å². The van der Waals surface area contributed by atoms with E-state index in [2.05, 4.69) is 18.2 Å². The van der Waals surface area contributed by atoms with Crippen LogP contribution in [0.3, 0.4) is 0 Å². The first-order valence-electron chi connectivity index (χ1n) is 9.20. The summed E-state index contributed by atoms with van der Waals surface area (Å²) in [5.41, 5.74) is 3.87. The predicted molar refractivity (Wildman–Crippen MR) is 94.6 cm³/mol. The molecular weight excluding hydrogens is 324 g/mol. The molecule has 4 rings (SSSR count). The van der Waals surface area contributed by atoms with E-state index in [1.807, 2.05) is 0 Å². The zero-order valence-electron chi connectivity index (χ0n) is 14.1. The number of hydrogen-bond donors (Lipinski definition) is 0. The Labute approximate surface area is 149 Å². The number of ether oxygens (including phenoxy) is 3. The lowest BCUT2D eigenvalue weighted by Crippen LogP contribution is -2.22. The lowest BCUT2D eigenvalue weighted by atomic mass is 9.93. The maximum absolute atomic E-state index is 6.38. The molecule has 0 saturated carbocycles. The van der Waals surface area contributed by atoms with Crippen molar-refractivity contribution in [2.45, 2.75) is 63.8 Å². The van der Waals surface area contributed by atoms with Crippen molar-refractivity contribution < 1.29 is 14.2 Å². The Morgan fingerprint density at radius 3 is 3.08 bits per heavy atom. The van der Waals surface area contributed by atoms with E-state index in [1.54, 1.807) is 0 Å². The number of rotatable bonds is 6. The van der Waals surface area contributed by atoms with Crippen molar-refractivity contribution in [2.24, 2.45) is 0 Å². The predicted octanol–water partition coefficient (Wildman–Crippen LogP) is 5.14. The van der Waals surface area contributed by atoms with Gasteiger partial charge in [0.2, 0.25) is 0 Å². The first kappa shape index (κ1) is 16.4. The van der Waals surface area contributed by atoms with Crippen molar-refractivity contribution in [3.63, 3.8) is 0 Å². The Bertz CT molecular complexity index is 608. The van der Waals surface area contributed by atoms with Gasteiger partial charge in [-0.05, 0) is 50.2 Å². The van der Waals surface area contributed by atoms with E-state index in [0.29, 0.717) is 0 Å². The highest BCUT2D eigenvalue weighted by Crippen LogP contribution is 2.44. The van der Waals surface area contributed by atoms with E-state index < -0.39 is 0 Å². The van der Waals surface area contributed by atoms with Gasteiger partial charge in [0.15, 0.2) is 6.29 Å². The molecule has 3 nitrogen and oxygen atoms in total. The molecule has 4 heteroatoms. The van der Waals surface area contributed by atoms with Crippen molar-refractivity contribution in [3.05, 3.63) is 45.7 Å². The number of halogens is 1. The van der Waals surface area contributed by atoms with Crippen LogP contribution in [0.2, 0.25) is 0 Å². The molecule has 2 aliphatic carbocycles. The smallest absolute Gasteiger partial charge is 0.157 e. The van der Waals surface area contributed by atoms with Crippen LogP contribution in [0.4, 0.5) is 0 Å². The van der Waals surface area contributed by atoms with Crippen LogP contribution in [0.1, 0.15) is 51.4 Å². The van der Waals surface area contributed by atoms with Crippen LogP contribution in [0.25, 0.3) is 0 Å². The molecule has 0 radical (unpaired) electrons. The van der Waals surface area contributed by atoms with Crippen LogP contribution in [0.15, 0.2) is 45.7 Å². The fraction of sp³-hybridized carbons (Fsp3) is 0.600. The molecule has 0 amide bonds. The molecule has 2 aliphatic heterocycles. The van der Waals surface area contributed by atoms with Crippen molar-refractivity contribution in [1.29, 1.82) is 0 Å². The van der Waals surface area contributed by atoms with Gasteiger partial charge in [-0.1, -0.05) is 23.8 Å². The normalized spacial score (nSPS) is 28.8. The molecule has 24 heavy (non-hydrogen) atoms. The number of allylic oxidation sites excluding steroid dienone is 3. The molecule has 2 heterocycles. The van der Waals surface area contributed by atoms with Gasteiger partial charge in [-0.15, -0.1) is 0 Å². The van der Waals surface area contributed by atoms with E-state index in [1.165, 1.54) is 29.6 Å². The van der Waals surface area contributed by atoms with Crippen LogP contribution in [-0.4, -0.2) is 25.6 Å². The third-order valence-electron chi connectivity index (χ3n) is 5.13. The summed E-state index contributed by atoms with van der Waals surface area (Å²) < 4.78 is 17.6. The van der Waals surface area contributed by atoms with E-state index in [0.717, 1.165) is 62.5 Å². The third-order valence-corrected chi connectivity index (χ3v) is 5.37. The highest BCUT2D eigenvalue weighted by atomic mass is 35.5. The standard InChI is InChI=1S/C20H25ClO3/c21-15-12-14(6-1-3-10-22-19-9-2-4-11-23-19)20-17(13-15)16-7-5-8-18(16)24-20/h5,7,13,18-19H,1-4,6,8-12H2. The maximum atomic E-state index is 6.38. The summed E-state index contributed by atoms with van der Waals surface area (Å²) in [6, 6.07) is 0. The van der Waals surface area contributed by atoms with Gasteiger partial charge in [0.1, 0.15) is 11.9 Å². The van der Waals surface area contributed by atoms with Gasteiger partial charge in [0, 0.05) is 42.2 Å². The summed E-state index contributed by atoms with van der Waals surface area (Å²) in [6.45, 7) is 1.62. The first-order valence-corrected chi connectivity index (χ1v) is 9.58. The SMILES string of the molecule is ClC1=CC2=C3C=CCC3OC2=C(CCCCOC2CCCCO2)C1. The summed E-state index contributed by atoms with van der Waals surface area (Å²) in [4.78, 5) is 0. The van der Waals surface area contributed by atoms with Gasteiger partial charge in [0.25, 0.3) is 0 Å². The molecule has 130 valence electrons. The van der Waals surface area contributed by atoms with E-state index in [9.17, 15) is 0 Å². The summed E-state index contributed by atoms with van der Waals surface area (Å²) in [5, 5.41) is 0.924. The molecule has 0 aromatic carbocycles. The van der Waals surface area contributed by atoms with E-state index >= 15 is 0 Å². The zero-order chi connectivity index (χ0) is 16.4. The second-order valence-corrected chi connectivity index (χ2v) is 7.42. The first-order chi connectivity index (χ1) is 11.8. The fourth-order valence-corrected chi connectivity index (χ4v) is 4.15. The summed E-state index contributed by atoms with van der Waals surface area (Å²) in [7, 11) is 0. The number of unbranched alkanes of at least 4 members (excludes halogenated alkanes) is 1. The fourth-order valence-electron chi connectivity index (χ4n) is 3.88. The van der Waals surface area contributed by atoms with Gasteiger partial charge in [-0.3, -0.25) is 0 Å². The van der Waals surface area contributed by atoms with Gasteiger partial charge < -0.3 is 14.2 Å². The third kappa shape index (κ3) is 3.49. The Morgan fingerprint density at radius 1 is 1.25 bits per heavy atom. The van der Waals surface area contributed by atoms with Crippen LogP contribution in [0.5, 0.6) is 0 Å². The summed E-state index contributed by atoms with van der Waals surface area (Å²) in [5.74, 6) is 1.10. The number of hydrogen-bond acceptors (Lipinski definition) is 3. The Balaban J connectivity index is 1.29. The second kappa shape index (κ2) is 7.47. The Kier molecular flexibility index (Phi) is 5.11. The monoisotopic (exact) mass is 348 g/mol. The summed E-state index contributed by atoms with van der Waals surface area (Å²) in [6.07, 6.45) is 15.1. The highest BCUT2D eigenvalue weighted by Gasteiger charge is 2.34. The molecule has 0 spiro atoms. The quantitative estimate of drug-likeness (QED) is 0.622. The topological polar surface area (TPSA) is 27.7 Å². The molecule has 1 saturated heterocycles. The van der Waals surface area contributed by atoms with Crippen molar-refractivity contribution in [1.82, 2.24) is 0 Å². The minimum absolute atomic E-state index is 0.0218. The molecule has 0 bridgehead atoms. The molecule has 0 N–H and O–H groups in total. The van der Waals surface area contributed by atoms with E-state index in [-0.39, 0.29) is 12.4 Å². The average molecular weight is 349 g/mol. The molecule has 0 aromatic heterocycles. The van der Waals surface area contributed by atoms with Crippen LogP contribution >= 0.6 is 11.6 Å². The van der Waals surface area contributed by atoms with Gasteiger partial charge in [-0.25, -0.2) is 0 Å². The van der Waals surface area contributed by atoms with Crippen LogP contribution in [-0.2, 0) is 14.2 Å². The molecule has 4 aliphatic rings. The molecule has 2 unspecified atom stereocenters. The lowest BCUT2D eigenvalue weighted by molar-refractivity contribution is -0.162. The van der Waals surface area contributed by atoms with Crippen molar-refractivity contribution in [3.8, 4) is 0 Å².